The number of carbonyl (C=O) groups excluding carboxylic acids is 2. The molecule has 1 heterocycles. The molecule has 0 saturated heterocycles. The molecule has 26 heavy (non-hydrogen) atoms. The summed E-state index contributed by atoms with van der Waals surface area (Å²) in [5.41, 5.74) is 1.22. The predicted octanol–water partition coefficient (Wildman–Crippen LogP) is 4.41. The SMILES string of the molecule is CN(Cc1ccccc1F)C(=O)c1ccccc1NC(=O)c1cccs1. The highest BCUT2D eigenvalue weighted by atomic mass is 32.1. The van der Waals surface area contributed by atoms with Gasteiger partial charge in [0.05, 0.1) is 16.1 Å². The van der Waals surface area contributed by atoms with E-state index in [-0.39, 0.29) is 24.2 Å². The van der Waals surface area contributed by atoms with Crippen LogP contribution in [0.15, 0.2) is 66.0 Å². The highest BCUT2D eigenvalue weighted by Gasteiger charge is 2.18. The molecule has 132 valence electrons. The van der Waals surface area contributed by atoms with Gasteiger partial charge in [0.15, 0.2) is 0 Å². The number of nitrogens with zero attached hydrogens (tertiary/aromatic N) is 1. The number of nitrogens with one attached hydrogen (secondary N) is 1. The Morgan fingerprint density at radius 3 is 2.50 bits per heavy atom. The number of para-hydroxylation sites is 1. The van der Waals surface area contributed by atoms with Gasteiger partial charge in [0.1, 0.15) is 5.82 Å². The van der Waals surface area contributed by atoms with Crippen LogP contribution in [-0.4, -0.2) is 23.8 Å². The first kappa shape index (κ1) is 17.8. The van der Waals surface area contributed by atoms with Gasteiger partial charge in [-0.3, -0.25) is 9.59 Å². The zero-order valence-electron chi connectivity index (χ0n) is 14.1. The molecular formula is C20H17FN2O2S. The smallest absolute Gasteiger partial charge is 0.265 e. The van der Waals surface area contributed by atoms with E-state index in [0.717, 1.165) is 0 Å². The Morgan fingerprint density at radius 2 is 1.77 bits per heavy atom. The van der Waals surface area contributed by atoms with Crippen LogP contribution in [0.4, 0.5) is 10.1 Å². The number of benzene rings is 2. The van der Waals surface area contributed by atoms with E-state index < -0.39 is 0 Å². The Labute approximate surface area is 154 Å². The maximum absolute atomic E-state index is 13.8. The standard InChI is InChI=1S/C20H17FN2O2S/c1-23(13-14-7-2-4-9-16(14)21)20(25)15-8-3-5-10-17(15)22-19(24)18-11-6-12-26-18/h2-12H,13H2,1H3,(H,22,24). The summed E-state index contributed by atoms with van der Waals surface area (Å²) in [6.07, 6.45) is 0. The Hall–Kier alpha value is -2.99. The minimum absolute atomic E-state index is 0.138. The first-order chi connectivity index (χ1) is 12.6. The van der Waals surface area contributed by atoms with E-state index in [1.807, 2.05) is 5.38 Å². The minimum atomic E-state index is -0.355. The van der Waals surface area contributed by atoms with Crippen molar-refractivity contribution in [2.75, 3.05) is 12.4 Å². The molecule has 1 aromatic heterocycles. The van der Waals surface area contributed by atoms with Gasteiger partial charge in [0, 0.05) is 19.2 Å². The molecule has 0 spiro atoms. The number of amides is 2. The molecule has 0 aliphatic carbocycles. The minimum Gasteiger partial charge on any atom is -0.337 e. The molecule has 2 aromatic carbocycles. The van der Waals surface area contributed by atoms with Crippen LogP contribution < -0.4 is 5.32 Å². The van der Waals surface area contributed by atoms with E-state index in [1.165, 1.54) is 22.3 Å². The number of anilines is 1. The molecule has 0 fully saturated rings. The normalized spacial score (nSPS) is 10.4. The number of thiophene rings is 1. The fourth-order valence-electron chi connectivity index (χ4n) is 2.53. The topological polar surface area (TPSA) is 49.4 Å². The third-order valence-electron chi connectivity index (χ3n) is 3.86. The van der Waals surface area contributed by atoms with Crippen LogP contribution >= 0.6 is 11.3 Å². The van der Waals surface area contributed by atoms with Crippen LogP contribution in [0.5, 0.6) is 0 Å². The van der Waals surface area contributed by atoms with E-state index >= 15 is 0 Å². The molecule has 0 atom stereocenters. The Morgan fingerprint density at radius 1 is 1.04 bits per heavy atom. The van der Waals surface area contributed by atoms with Crippen LogP contribution in [-0.2, 0) is 6.54 Å². The second-order valence-corrected chi connectivity index (χ2v) is 6.68. The summed E-state index contributed by atoms with van der Waals surface area (Å²) < 4.78 is 13.8. The van der Waals surface area contributed by atoms with Crippen LogP contribution in [0, 0.1) is 5.82 Å². The zero-order valence-corrected chi connectivity index (χ0v) is 14.9. The van der Waals surface area contributed by atoms with Crippen LogP contribution in [0.3, 0.4) is 0 Å². The molecule has 1 N–H and O–H groups in total. The highest BCUT2D eigenvalue weighted by Crippen LogP contribution is 2.20. The van der Waals surface area contributed by atoms with Crippen molar-refractivity contribution >= 4 is 28.8 Å². The molecule has 0 aliphatic heterocycles. The molecular weight excluding hydrogens is 351 g/mol. The van der Waals surface area contributed by atoms with Crippen LogP contribution in [0.1, 0.15) is 25.6 Å². The first-order valence-electron chi connectivity index (χ1n) is 7.99. The van der Waals surface area contributed by atoms with Gasteiger partial charge in [-0.05, 0) is 29.6 Å². The quantitative estimate of drug-likeness (QED) is 0.725. The van der Waals surface area contributed by atoms with E-state index in [9.17, 15) is 14.0 Å². The summed E-state index contributed by atoms with van der Waals surface area (Å²) in [6.45, 7) is 0.138. The molecule has 0 aliphatic rings. The average Bonchev–Trinajstić information content (AvgIpc) is 3.18. The molecule has 0 radical (unpaired) electrons. The second kappa shape index (κ2) is 7.93. The van der Waals surface area contributed by atoms with E-state index in [1.54, 1.807) is 61.6 Å². The van der Waals surface area contributed by atoms with Gasteiger partial charge in [-0.1, -0.05) is 36.4 Å². The van der Waals surface area contributed by atoms with Crippen molar-refractivity contribution in [3.8, 4) is 0 Å². The Kier molecular flexibility index (Phi) is 5.43. The van der Waals surface area contributed by atoms with Crippen molar-refractivity contribution in [1.29, 1.82) is 0 Å². The summed E-state index contributed by atoms with van der Waals surface area (Å²) in [4.78, 5) is 27.1. The van der Waals surface area contributed by atoms with Crippen molar-refractivity contribution in [3.05, 3.63) is 87.9 Å². The third kappa shape index (κ3) is 3.97. The van der Waals surface area contributed by atoms with Crippen molar-refractivity contribution in [2.45, 2.75) is 6.54 Å². The number of carbonyl (C=O) groups is 2. The highest BCUT2D eigenvalue weighted by molar-refractivity contribution is 7.12. The largest absolute Gasteiger partial charge is 0.337 e. The molecule has 6 heteroatoms. The molecule has 0 saturated carbocycles. The number of hydrogen-bond acceptors (Lipinski definition) is 3. The maximum atomic E-state index is 13.8. The van der Waals surface area contributed by atoms with Gasteiger partial charge < -0.3 is 10.2 Å². The Bertz CT molecular complexity index is 925. The molecule has 0 unspecified atom stereocenters. The lowest BCUT2D eigenvalue weighted by atomic mass is 10.1. The predicted molar refractivity (Wildman–Crippen MR) is 101 cm³/mol. The van der Waals surface area contributed by atoms with Crippen molar-refractivity contribution in [1.82, 2.24) is 4.90 Å². The summed E-state index contributed by atoms with van der Waals surface area (Å²) in [6, 6.07) is 16.6. The second-order valence-electron chi connectivity index (χ2n) is 5.73. The third-order valence-corrected chi connectivity index (χ3v) is 4.73. The van der Waals surface area contributed by atoms with Gasteiger partial charge in [0.2, 0.25) is 0 Å². The van der Waals surface area contributed by atoms with Gasteiger partial charge in [-0.15, -0.1) is 11.3 Å². The van der Waals surface area contributed by atoms with E-state index in [4.69, 9.17) is 0 Å². The summed E-state index contributed by atoms with van der Waals surface area (Å²) in [7, 11) is 1.60. The van der Waals surface area contributed by atoms with Gasteiger partial charge in [0.25, 0.3) is 11.8 Å². The number of halogens is 1. The maximum Gasteiger partial charge on any atom is 0.265 e. The van der Waals surface area contributed by atoms with Crippen molar-refractivity contribution in [2.24, 2.45) is 0 Å². The molecule has 3 aromatic rings. The van der Waals surface area contributed by atoms with Crippen LogP contribution in [0.2, 0.25) is 0 Å². The summed E-state index contributed by atoms with van der Waals surface area (Å²) in [5.74, 6) is -0.918. The van der Waals surface area contributed by atoms with E-state index in [2.05, 4.69) is 5.32 Å². The summed E-state index contributed by atoms with van der Waals surface area (Å²) >= 11 is 1.33. The van der Waals surface area contributed by atoms with Gasteiger partial charge >= 0.3 is 0 Å². The fourth-order valence-corrected chi connectivity index (χ4v) is 3.15. The van der Waals surface area contributed by atoms with Gasteiger partial charge in [-0.2, -0.15) is 0 Å². The van der Waals surface area contributed by atoms with Crippen molar-refractivity contribution in [3.63, 3.8) is 0 Å². The lowest BCUT2D eigenvalue weighted by Crippen LogP contribution is -2.28. The lowest BCUT2D eigenvalue weighted by Gasteiger charge is -2.19. The first-order valence-corrected chi connectivity index (χ1v) is 8.87. The number of rotatable bonds is 5. The monoisotopic (exact) mass is 368 g/mol. The molecule has 2 amide bonds. The zero-order chi connectivity index (χ0) is 18.5. The number of hydrogen-bond donors (Lipinski definition) is 1. The van der Waals surface area contributed by atoms with Gasteiger partial charge in [-0.25, -0.2) is 4.39 Å². The van der Waals surface area contributed by atoms with E-state index in [0.29, 0.717) is 21.7 Å². The molecule has 4 nitrogen and oxygen atoms in total. The lowest BCUT2D eigenvalue weighted by molar-refractivity contribution is 0.0785. The summed E-state index contributed by atoms with van der Waals surface area (Å²) in [5, 5.41) is 4.59. The fraction of sp³-hybridized carbons (Fsp3) is 0.100. The Balaban J connectivity index is 1.79. The average molecular weight is 368 g/mol. The van der Waals surface area contributed by atoms with Crippen molar-refractivity contribution < 1.29 is 14.0 Å². The molecule has 0 bridgehead atoms. The molecule has 3 rings (SSSR count). The van der Waals surface area contributed by atoms with Crippen LogP contribution in [0.25, 0.3) is 0 Å².